The molecule has 0 aliphatic heterocycles. The van der Waals surface area contributed by atoms with Gasteiger partial charge in [-0.15, -0.1) is 12.3 Å². The number of nitrogens with zero attached hydrogens (tertiary/aromatic N) is 3. The Bertz CT molecular complexity index is 378. The molecule has 0 bridgehead atoms. The van der Waals surface area contributed by atoms with E-state index < -0.39 is 0 Å². The summed E-state index contributed by atoms with van der Waals surface area (Å²) in [6, 6.07) is 0.200. The largest absolute Gasteiger partial charge is 0.467 e. The molecule has 0 aliphatic carbocycles. The summed E-state index contributed by atoms with van der Waals surface area (Å²) in [6.45, 7) is 0.741. The van der Waals surface area contributed by atoms with Gasteiger partial charge in [0.15, 0.2) is 0 Å². The Kier molecular flexibility index (Phi) is 5.37. The summed E-state index contributed by atoms with van der Waals surface area (Å²) in [5.74, 6) is 3.00. The summed E-state index contributed by atoms with van der Waals surface area (Å²) in [4.78, 5) is 11.7. The zero-order valence-corrected chi connectivity index (χ0v) is 9.79. The summed E-state index contributed by atoms with van der Waals surface area (Å²) in [7, 11) is 1.47. The third-order valence-corrected chi connectivity index (χ3v) is 1.97. The second-order valence-corrected chi connectivity index (χ2v) is 3.34. The standard InChI is InChI=1S/C10H13ClN4O/c1-3-4-5-6-7-12-9-13-8(11)14-10(15-9)16-2/h1H,4-7H2,2H3,(H,12,13,14,15). The maximum absolute atomic E-state index is 5.68. The molecule has 0 aliphatic rings. The van der Waals surface area contributed by atoms with Crippen molar-refractivity contribution >= 4 is 17.5 Å². The molecule has 0 radical (unpaired) electrons. The fourth-order valence-corrected chi connectivity index (χ4v) is 1.21. The number of rotatable bonds is 6. The van der Waals surface area contributed by atoms with Gasteiger partial charge in [-0.3, -0.25) is 0 Å². The van der Waals surface area contributed by atoms with E-state index in [9.17, 15) is 0 Å². The number of aromatic nitrogens is 3. The Labute approximate surface area is 99.6 Å². The molecule has 0 amide bonds. The van der Waals surface area contributed by atoms with Gasteiger partial charge < -0.3 is 10.1 Å². The van der Waals surface area contributed by atoms with Crippen LogP contribution in [0.3, 0.4) is 0 Å². The number of hydrogen-bond acceptors (Lipinski definition) is 5. The topological polar surface area (TPSA) is 59.9 Å². The molecule has 16 heavy (non-hydrogen) atoms. The van der Waals surface area contributed by atoms with Crippen molar-refractivity contribution in [3.63, 3.8) is 0 Å². The van der Waals surface area contributed by atoms with E-state index in [0.29, 0.717) is 5.95 Å². The van der Waals surface area contributed by atoms with Crippen molar-refractivity contribution in [3.8, 4) is 18.4 Å². The highest BCUT2D eigenvalue weighted by atomic mass is 35.5. The number of anilines is 1. The molecule has 6 heteroatoms. The van der Waals surface area contributed by atoms with Crippen LogP contribution in [-0.2, 0) is 0 Å². The number of hydrogen-bond donors (Lipinski definition) is 1. The first-order valence-corrected chi connectivity index (χ1v) is 5.27. The first kappa shape index (κ1) is 12.5. The quantitative estimate of drug-likeness (QED) is 0.606. The van der Waals surface area contributed by atoms with Gasteiger partial charge in [0.05, 0.1) is 7.11 Å². The number of methoxy groups -OCH3 is 1. The van der Waals surface area contributed by atoms with Crippen LogP contribution in [0.15, 0.2) is 0 Å². The van der Waals surface area contributed by atoms with Crippen LogP contribution in [0.1, 0.15) is 19.3 Å². The van der Waals surface area contributed by atoms with E-state index in [4.69, 9.17) is 22.8 Å². The molecule has 1 N–H and O–H groups in total. The zero-order chi connectivity index (χ0) is 11.8. The summed E-state index contributed by atoms with van der Waals surface area (Å²) in [5, 5.41) is 3.13. The molecule has 5 nitrogen and oxygen atoms in total. The Balaban J connectivity index is 2.41. The van der Waals surface area contributed by atoms with Gasteiger partial charge in [-0.1, -0.05) is 0 Å². The van der Waals surface area contributed by atoms with E-state index in [0.717, 1.165) is 25.8 Å². The molecule has 0 saturated heterocycles. The van der Waals surface area contributed by atoms with Crippen LogP contribution in [0, 0.1) is 12.3 Å². The van der Waals surface area contributed by atoms with Gasteiger partial charge in [0, 0.05) is 13.0 Å². The minimum Gasteiger partial charge on any atom is -0.467 e. The van der Waals surface area contributed by atoms with Gasteiger partial charge in [-0.25, -0.2) is 0 Å². The van der Waals surface area contributed by atoms with Crippen molar-refractivity contribution in [2.45, 2.75) is 19.3 Å². The van der Waals surface area contributed by atoms with Gasteiger partial charge in [-0.05, 0) is 24.4 Å². The molecular formula is C10H13ClN4O. The maximum atomic E-state index is 5.68. The van der Waals surface area contributed by atoms with Gasteiger partial charge in [0.25, 0.3) is 0 Å². The van der Waals surface area contributed by atoms with Crippen LogP contribution in [0.5, 0.6) is 6.01 Å². The zero-order valence-electron chi connectivity index (χ0n) is 9.03. The fraction of sp³-hybridized carbons (Fsp3) is 0.500. The molecule has 0 atom stereocenters. The third-order valence-electron chi connectivity index (χ3n) is 1.80. The first-order chi connectivity index (χ1) is 7.76. The lowest BCUT2D eigenvalue weighted by Crippen LogP contribution is -2.07. The van der Waals surface area contributed by atoms with E-state index in [2.05, 4.69) is 26.2 Å². The van der Waals surface area contributed by atoms with Gasteiger partial charge in [0.2, 0.25) is 11.2 Å². The number of halogens is 1. The van der Waals surface area contributed by atoms with Gasteiger partial charge in [0.1, 0.15) is 0 Å². The van der Waals surface area contributed by atoms with Crippen molar-refractivity contribution in [3.05, 3.63) is 5.28 Å². The lowest BCUT2D eigenvalue weighted by atomic mass is 10.2. The molecule has 0 spiro atoms. The van der Waals surface area contributed by atoms with E-state index in [1.165, 1.54) is 7.11 Å². The number of terminal acetylenes is 1. The lowest BCUT2D eigenvalue weighted by molar-refractivity contribution is 0.379. The lowest BCUT2D eigenvalue weighted by Gasteiger charge is -2.05. The molecule has 86 valence electrons. The van der Waals surface area contributed by atoms with Crippen LogP contribution >= 0.6 is 11.6 Å². The molecular weight excluding hydrogens is 228 g/mol. The second-order valence-electron chi connectivity index (χ2n) is 3.00. The van der Waals surface area contributed by atoms with Gasteiger partial charge in [-0.2, -0.15) is 15.0 Å². The highest BCUT2D eigenvalue weighted by Crippen LogP contribution is 2.10. The molecule has 0 saturated carbocycles. The van der Waals surface area contributed by atoms with E-state index in [-0.39, 0.29) is 11.3 Å². The predicted molar refractivity (Wildman–Crippen MR) is 62.6 cm³/mol. The van der Waals surface area contributed by atoms with Crippen molar-refractivity contribution in [1.29, 1.82) is 0 Å². The number of unbranched alkanes of at least 4 members (excludes halogenated alkanes) is 2. The smallest absolute Gasteiger partial charge is 0.322 e. The van der Waals surface area contributed by atoms with E-state index >= 15 is 0 Å². The maximum Gasteiger partial charge on any atom is 0.322 e. The molecule has 1 aromatic rings. The summed E-state index contributed by atoms with van der Waals surface area (Å²) in [5.41, 5.74) is 0. The number of nitrogens with one attached hydrogen (secondary N) is 1. The SMILES string of the molecule is C#CCCCCNc1nc(Cl)nc(OC)n1. The minimum absolute atomic E-state index is 0.109. The third kappa shape index (κ3) is 4.32. The second kappa shape index (κ2) is 6.85. The summed E-state index contributed by atoms with van der Waals surface area (Å²) < 4.78 is 4.87. The Hall–Kier alpha value is -1.54. The van der Waals surface area contributed by atoms with Crippen LogP contribution in [0.4, 0.5) is 5.95 Å². The molecule has 1 heterocycles. The van der Waals surface area contributed by atoms with Crippen molar-refractivity contribution in [1.82, 2.24) is 15.0 Å². The van der Waals surface area contributed by atoms with Crippen molar-refractivity contribution in [2.75, 3.05) is 19.0 Å². The molecule has 1 aromatic heterocycles. The molecule has 0 unspecified atom stereocenters. The summed E-state index contributed by atoms with van der Waals surface area (Å²) in [6.07, 6.45) is 7.85. The normalized spacial score (nSPS) is 9.56. The van der Waals surface area contributed by atoms with E-state index in [1.807, 2.05) is 0 Å². The Morgan fingerprint density at radius 1 is 1.38 bits per heavy atom. The van der Waals surface area contributed by atoms with Crippen molar-refractivity contribution in [2.24, 2.45) is 0 Å². The molecule has 1 rings (SSSR count). The van der Waals surface area contributed by atoms with Crippen LogP contribution in [0.2, 0.25) is 5.28 Å². The van der Waals surface area contributed by atoms with Gasteiger partial charge >= 0.3 is 6.01 Å². The highest BCUT2D eigenvalue weighted by Gasteiger charge is 2.03. The van der Waals surface area contributed by atoms with Crippen LogP contribution < -0.4 is 10.1 Å². The molecule has 0 aromatic carbocycles. The van der Waals surface area contributed by atoms with Crippen LogP contribution in [-0.4, -0.2) is 28.6 Å². The minimum atomic E-state index is 0.109. The summed E-state index contributed by atoms with van der Waals surface area (Å²) >= 11 is 5.68. The molecule has 0 fully saturated rings. The monoisotopic (exact) mass is 240 g/mol. The first-order valence-electron chi connectivity index (χ1n) is 4.89. The highest BCUT2D eigenvalue weighted by molar-refractivity contribution is 6.28. The Morgan fingerprint density at radius 3 is 2.88 bits per heavy atom. The van der Waals surface area contributed by atoms with Crippen LogP contribution in [0.25, 0.3) is 0 Å². The fourth-order valence-electron chi connectivity index (χ4n) is 1.05. The number of ether oxygens (including phenoxy) is 1. The average molecular weight is 241 g/mol. The Morgan fingerprint density at radius 2 is 2.19 bits per heavy atom. The van der Waals surface area contributed by atoms with E-state index in [1.54, 1.807) is 0 Å². The van der Waals surface area contributed by atoms with Crippen molar-refractivity contribution < 1.29 is 4.74 Å². The average Bonchev–Trinajstić information content (AvgIpc) is 2.28. The predicted octanol–water partition coefficient (Wildman–Crippen LogP) is 1.75.